The average Bonchev–Trinajstić information content (AvgIpc) is 3.29. The van der Waals surface area contributed by atoms with Crippen LogP contribution < -0.4 is 0 Å². The van der Waals surface area contributed by atoms with Gasteiger partial charge in [0.05, 0.1) is 6.04 Å². The molecule has 0 N–H and O–H groups in total. The first-order valence-electron chi connectivity index (χ1n) is 9.47. The van der Waals surface area contributed by atoms with Crippen molar-refractivity contribution in [3.05, 3.63) is 36.4 Å². The molecule has 132 valence electrons. The first-order valence-corrected chi connectivity index (χ1v) is 9.47. The number of carbonyl (C=O) groups is 1. The maximum absolute atomic E-state index is 12.8. The Morgan fingerprint density at radius 3 is 2.64 bits per heavy atom. The second kappa shape index (κ2) is 6.98. The van der Waals surface area contributed by atoms with Gasteiger partial charge in [-0.3, -0.25) is 9.78 Å². The third-order valence-electron chi connectivity index (χ3n) is 5.71. The first kappa shape index (κ1) is 16.3. The van der Waals surface area contributed by atoms with Crippen molar-refractivity contribution in [1.29, 1.82) is 0 Å². The van der Waals surface area contributed by atoms with Crippen LogP contribution in [0.2, 0.25) is 0 Å². The van der Waals surface area contributed by atoms with E-state index in [9.17, 15) is 4.79 Å². The van der Waals surface area contributed by atoms with E-state index in [0.29, 0.717) is 11.9 Å². The molecule has 2 aliphatic rings. The Bertz CT molecular complexity index is 733. The summed E-state index contributed by atoms with van der Waals surface area (Å²) >= 11 is 0. The van der Waals surface area contributed by atoms with Crippen LogP contribution in [-0.2, 0) is 4.79 Å². The molecule has 2 fully saturated rings. The summed E-state index contributed by atoms with van der Waals surface area (Å²) in [6.45, 7) is 3.78. The van der Waals surface area contributed by atoms with Crippen molar-refractivity contribution >= 4 is 5.91 Å². The minimum atomic E-state index is 0.260. The maximum atomic E-state index is 12.8. The zero-order chi connectivity index (χ0) is 17.2. The summed E-state index contributed by atoms with van der Waals surface area (Å²) in [5.74, 6) is 1.62. The van der Waals surface area contributed by atoms with Gasteiger partial charge in [-0.05, 0) is 38.3 Å². The van der Waals surface area contributed by atoms with Crippen molar-refractivity contribution < 1.29 is 4.79 Å². The van der Waals surface area contributed by atoms with Gasteiger partial charge in [-0.1, -0.05) is 19.3 Å². The van der Waals surface area contributed by atoms with Gasteiger partial charge in [0.25, 0.3) is 0 Å². The molecule has 5 heteroatoms. The smallest absolute Gasteiger partial charge is 0.225 e. The molecule has 1 saturated heterocycles. The number of carbonyl (C=O) groups excluding carboxylic acids is 1. The number of likely N-dealkylation sites (tertiary alicyclic amines) is 1. The lowest BCUT2D eigenvalue weighted by Crippen LogP contribution is -2.35. The zero-order valence-corrected chi connectivity index (χ0v) is 14.9. The monoisotopic (exact) mass is 338 g/mol. The molecule has 1 amide bonds. The van der Waals surface area contributed by atoms with E-state index in [4.69, 9.17) is 0 Å². The van der Waals surface area contributed by atoms with Crippen molar-refractivity contribution in [2.75, 3.05) is 13.1 Å². The van der Waals surface area contributed by atoms with Gasteiger partial charge in [-0.25, -0.2) is 4.98 Å². The molecule has 1 atom stereocenters. The van der Waals surface area contributed by atoms with Crippen LogP contribution in [0.15, 0.2) is 30.7 Å². The molecule has 5 nitrogen and oxygen atoms in total. The van der Waals surface area contributed by atoms with E-state index < -0.39 is 0 Å². The van der Waals surface area contributed by atoms with Crippen LogP contribution in [0.3, 0.4) is 0 Å². The fourth-order valence-electron chi connectivity index (χ4n) is 4.38. The predicted octanol–water partition coefficient (Wildman–Crippen LogP) is 3.61. The van der Waals surface area contributed by atoms with Crippen LogP contribution in [0.4, 0.5) is 0 Å². The van der Waals surface area contributed by atoms with Gasteiger partial charge in [-0.15, -0.1) is 0 Å². The van der Waals surface area contributed by atoms with E-state index in [1.54, 1.807) is 12.4 Å². The molecule has 2 aromatic heterocycles. The topological polar surface area (TPSA) is 51.0 Å². The molecular weight excluding hydrogens is 312 g/mol. The van der Waals surface area contributed by atoms with Crippen LogP contribution in [0.25, 0.3) is 11.4 Å². The van der Waals surface area contributed by atoms with Gasteiger partial charge in [0.1, 0.15) is 5.82 Å². The highest BCUT2D eigenvalue weighted by Crippen LogP contribution is 2.32. The highest BCUT2D eigenvalue weighted by Gasteiger charge is 2.33. The lowest BCUT2D eigenvalue weighted by atomic mass is 9.88. The maximum Gasteiger partial charge on any atom is 0.225 e. The summed E-state index contributed by atoms with van der Waals surface area (Å²) < 4.78 is 2.31. The molecule has 1 saturated carbocycles. The highest BCUT2D eigenvalue weighted by atomic mass is 16.2. The molecule has 0 radical (unpaired) electrons. The SMILES string of the molecule is Cc1cnc(-c2ccncc2)n1C1CCN(C(=O)C2CCCCC2)C1. The van der Waals surface area contributed by atoms with Crippen LogP contribution in [0.5, 0.6) is 0 Å². The standard InChI is InChI=1S/C20H26N4O/c1-15-13-22-19(16-7-10-21-11-8-16)24(15)18-9-12-23(14-18)20(25)17-5-3-2-4-6-17/h7-8,10-11,13,17-18H,2-6,9,12,14H2,1H3. The fraction of sp³-hybridized carbons (Fsp3) is 0.550. The molecule has 0 bridgehead atoms. The summed E-state index contributed by atoms with van der Waals surface area (Å²) in [5, 5.41) is 0. The number of aromatic nitrogens is 3. The minimum absolute atomic E-state index is 0.260. The second-order valence-electron chi connectivity index (χ2n) is 7.39. The molecule has 1 aliphatic heterocycles. The van der Waals surface area contributed by atoms with Crippen LogP contribution in [0, 0.1) is 12.8 Å². The van der Waals surface area contributed by atoms with Gasteiger partial charge in [0, 0.05) is 48.9 Å². The van der Waals surface area contributed by atoms with E-state index in [-0.39, 0.29) is 5.92 Å². The van der Waals surface area contributed by atoms with Gasteiger partial charge >= 0.3 is 0 Å². The number of pyridine rings is 1. The van der Waals surface area contributed by atoms with Crippen molar-refractivity contribution in [3.63, 3.8) is 0 Å². The normalized spacial score (nSPS) is 21.6. The number of aryl methyl sites for hydroxylation is 1. The third-order valence-corrected chi connectivity index (χ3v) is 5.71. The largest absolute Gasteiger partial charge is 0.340 e. The molecule has 1 unspecified atom stereocenters. The molecule has 0 aromatic carbocycles. The van der Waals surface area contributed by atoms with Gasteiger partial charge < -0.3 is 9.47 Å². The Labute approximate surface area is 149 Å². The second-order valence-corrected chi connectivity index (χ2v) is 7.39. The quantitative estimate of drug-likeness (QED) is 0.859. The Balaban J connectivity index is 1.52. The van der Waals surface area contributed by atoms with Crippen molar-refractivity contribution in [1.82, 2.24) is 19.4 Å². The average molecular weight is 338 g/mol. The van der Waals surface area contributed by atoms with E-state index in [0.717, 1.165) is 49.4 Å². The predicted molar refractivity (Wildman–Crippen MR) is 97.0 cm³/mol. The summed E-state index contributed by atoms with van der Waals surface area (Å²) in [7, 11) is 0. The van der Waals surface area contributed by atoms with E-state index in [2.05, 4.69) is 26.4 Å². The number of nitrogens with zero attached hydrogens (tertiary/aromatic N) is 4. The Morgan fingerprint density at radius 1 is 1.12 bits per heavy atom. The molecular formula is C20H26N4O. The van der Waals surface area contributed by atoms with Gasteiger partial charge in [-0.2, -0.15) is 0 Å². The van der Waals surface area contributed by atoms with E-state index in [1.165, 1.54) is 19.3 Å². The zero-order valence-electron chi connectivity index (χ0n) is 14.9. The molecule has 0 spiro atoms. The molecule has 2 aromatic rings. The van der Waals surface area contributed by atoms with E-state index in [1.807, 2.05) is 18.3 Å². The number of hydrogen-bond acceptors (Lipinski definition) is 3. The molecule has 1 aliphatic carbocycles. The molecule has 3 heterocycles. The Kier molecular flexibility index (Phi) is 4.55. The number of imidazole rings is 1. The van der Waals surface area contributed by atoms with Gasteiger partial charge in [0.2, 0.25) is 5.91 Å². The molecule has 25 heavy (non-hydrogen) atoms. The number of amides is 1. The number of hydrogen-bond donors (Lipinski definition) is 0. The summed E-state index contributed by atoms with van der Waals surface area (Å²) in [5.41, 5.74) is 2.24. The van der Waals surface area contributed by atoms with Crippen LogP contribution in [-0.4, -0.2) is 38.4 Å². The summed E-state index contributed by atoms with van der Waals surface area (Å²) in [6.07, 6.45) is 12.4. The minimum Gasteiger partial charge on any atom is -0.340 e. The number of rotatable bonds is 3. The van der Waals surface area contributed by atoms with Crippen LogP contribution >= 0.6 is 0 Å². The summed E-state index contributed by atoms with van der Waals surface area (Å²) in [6, 6.07) is 4.31. The lowest BCUT2D eigenvalue weighted by molar-refractivity contribution is -0.135. The van der Waals surface area contributed by atoms with Crippen molar-refractivity contribution in [2.45, 2.75) is 51.5 Å². The van der Waals surface area contributed by atoms with E-state index >= 15 is 0 Å². The highest BCUT2D eigenvalue weighted by molar-refractivity contribution is 5.79. The Morgan fingerprint density at radius 2 is 1.88 bits per heavy atom. The lowest BCUT2D eigenvalue weighted by Gasteiger charge is -2.26. The third kappa shape index (κ3) is 3.20. The van der Waals surface area contributed by atoms with Crippen LogP contribution in [0.1, 0.15) is 50.3 Å². The fourth-order valence-corrected chi connectivity index (χ4v) is 4.38. The molecule has 4 rings (SSSR count). The van der Waals surface area contributed by atoms with Crippen molar-refractivity contribution in [2.24, 2.45) is 5.92 Å². The summed E-state index contributed by atoms with van der Waals surface area (Å²) in [4.78, 5) is 23.7. The first-order chi connectivity index (χ1) is 12.2. The Hall–Kier alpha value is -2.17. The van der Waals surface area contributed by atoms with Crippen molar-refractivity contribution in [3.8, 4) is 11.4 Å². The van der Waals surface area contributed by atoms with Gasteiger partial charge in [0.15, 0.2) is 0 Å².